The van der Waals surface area contributed by atoms with Crippen molar-refractivity contribution in [2.45, 2.75) is 19.1 Å². The minimum absolute atomic E-state index is 0.141. The van der Waals surface area contributed by atoms with Gasteiger partial charge in [-0.25, -0.2) is 0 Å². The summed E-state index contributed by atoms with van der Waals surface area (Å²) in [4.78, 5) is 27.3. The van der Waals surface area contributed by atoms with Gasteiger partial charge in [-0.1, -0.05) is 30.3 Å². The van der Waals surface area contributed by atoms with Gasteiger partial charge < -0.3 is 24.4 Å². The summed E-state index contributed by atoms with van der Waals surface area (Å²) < 4.78 is 16.2. The van der Waals surface area contributed by atoms with Crippen LogP contribution in [0.3, 0.4) is 0 Å². The second-order valence-corrected chi connectivity index (χ2v) is 6.85. The molecule has 3 rings (SSSR count). The first kappa shape index (κ1) is 20.7. The van der Waals surface area contributed by atoms with E-state index in [0.717, 1.165) is 5.56 Å². The fraction of sp³-hybridized carbons (Fsp3) is 0.364. The highest BCUT2D eigenvalue weighted by atomic mass is 16.5. The Hall–Kier alpha value is -3.06. The van der Waals surface area contributed by atoms with Gasteiger partial charge in [-0.2, -0.15) is 0 Å². The molecular weight excluding hydrogens is 372 g/mol. The first-order valence-electron chi connectivity index (χ1n) is 9.51. The molecule has 1 heterocycles. The molecule has 0 saturated carbocycles. The van der Waals surface area contributed by atoms with Crippen LogP contribution in [0.25, 0.3) is 0 Å². The summed E-state index contributed by atoms with van der Waals surface area (Å²) in [7, 11) is 3.04. The molecule has 7 heteroatoms. The van der Waals surface area contributed by atoms with Crippen LogP contribution in [-0.4, -0.2) is 56.7 Å². The summed E-state index contributed by atoms with van der Waals surface area (Å²) >= 11 is 0. The molecule has 154 valence electrons. The second-order valence-electron chi connectivity index (χ2n) is 6.85. The van der Waals surface area contributed by atoms with Gasteiger partial charge in [-0.3, -0.25) is 9.59 Å². The van der Waals surface area contributed by atoms with E-state index in [2.05, 4.69) is 5.32 Å². The van der Waals surface area contributed by atoms with Crippen molar-refractivity contribution < 1.29 is 23.8 Å². The Morgan fingerprint density at radius 1 is 1.10 bits per heavy atom. The quantitative estimate of drug-likeness (QED) is 0.809. The number of amides is 2. The average Bonchev–Trinajstić information content (AvgIpc) is 2.78. The predicted octanol–water partition coefficient (Wildman–Crippen LogP) is 2.42. The normalized spacial score (nSPS) is 17.3. The Bertz CT molecular complexity index is 833. The van der Waals surface area contributed by atoms with Crippen LogP contribution in [0.15, 0.2) is 48.5 Å². The van der Waals surface area contributed by atoms with Crippen LogP contribution < -0.4 is 14.8 Å². The van der Waals surface area contributed by atoms with Crippen molar-refractivity contribution in [1.82, 2.24) is 10.2 Å². The largest absolute Gasteiger partial charge is 0.497 e. The monoisotopic (exact) mass is 398 g/mol. The van der Waals surface area contributed by atoms with Gasteiger partial charge in [-0.15, -0.1) is 0 Å². The topological polar surface area (TPSA) is 77.1 Å². The van der Waals surface area contributed by atoms with Crippen molar-refractivity contribution in [3.63, 3.8) is 0 Å². The predicted molar refractivity (Wildman–Crippen MR) is 108 cm³/mol. The maximum Gasteiger partial charge on any atom is 0.252 e. The number of hydrogen-bond donors (Lipinski definition) is 1. The number of nitrogens with one attached hydrogen (secondary N) is 1. The number of benzene rings is 2. The molecule has 0 spiro atoms. The van der Waals surface area contributed by atoms with E-state index in [4.69, 9.17) is 14.2 Å². The van der Waals surface area contributed by atoms with Gasteiger partial charge >= 0.3 is 0 Å². The highest BCUT2D eigenvalue weighted by Gasteiger charge is 2.29. The lowest BCUT2D eigenvalue weighted by atomic mass is 10.1. The summed E-state index contributed by atoms with van der Waals surface area (Å²) in [5.41, 5.74) is 1.40. The molecule has 2 aromatic rings. The lowest BCUT2D eigenvalue weighted by Crippen LogP contribution is -2.51. The van der Waals surface area contributed by atoms with E-state index in [0.29, 0.717) is 36.8 Å². The maximum atomic E-state index is 12.9. The molecular formula is C22H26N2O5. The molecule has 7 nitrogen and oxygen atoms in total. The number of rotatable bonds is 6. The standard InChI is InChI=1S/C22H26N2O5/c1-15(23-21(25)17-11-18(27-2)13-19(12-17)28-3)22(26)24-9-10-29-20(14-24)16-7-5-4-6-8-16/h4-8,11-13,15,20H,9-10,14H2,1-3H3,(H,23,25)/t15-,20?/m1/s1. The number of hydrogen-bond acceptors (Lipinski definition) is 5. The smallest absolute Gasteiger partial charge is 0.252 e. The number of morpholine rings is 1. The highest BCUT2D eigenvalue weighted by Crippen LogP contribution is 2.24. The van der Waals surface area contributed by atoms with Crippen LogP contribution in [0.4, 0.5) is 0 Å². The second kappa shape index (κ2) is 9.43. The van der Waals surface area contributed by atoms with Crippen LogP contribution in [0.2, 0.25) is 0 Å². The summed E-state index contributed by atoms with van der Waals surface area (Å²) in [6, 6.07) is 14.0. The Morgan fingerprint density at radius 2 is 1.76 bits per heavy atom. The summed E-state index contributed by atoms with van der Waals surface area (Å²) in [5, 5.41) is 2.77. The third-order valence-corrected chi connectivity index (χ3v) is 4.88. The van der Waals surface area contributed by atoms with Gasteiger partial charge in [0.05, 0.1) is 27.4 Å². The summed E-state index contributed by atoms with van der Waals surface area (Å²) in [5.74, 6) is 0.507. The Kier molecular flexibility index (Phi) is 6.72. The molecule has 1 aliphatic heterocycles. The van der Waals surface area contributed by atoms with Crippen molar-refractivity contribution >= 4 is 11.8 Å². The van der Waals surface area contributed by atoms with E-state index >= 15 is 0 Å². The van der Waals surface area contributed by atoms with Crippen LogP contribution in [-0.2, 0) is 9.53 Å². The Balaban J connectivity index is 1.65. The van der Waals surface area contributed by atoms with Gasteiger partial charge in [0.15, 0.2) is 0 Å². The molecule has 0 radical (unpaired) electrons. The fourth-order valence-corrected chi connectivity index (χ4v) is 3.27. The molecule has 2 amide bonds. The molecule has 29 heavy (non-hydrogen) atoms. The Morgan fingerprint density at radius 3 is 2.38 bits per heavy atom. The third-order valence-electron chi connectivity index (χ3n) is 4.88. The lowest BCUT2D eigenvalue weighted by Gasteiger charge is -2.34. The van der Waals surface area contributed by atoms with Gasteiger partial charge in [0.2, 0.25) is 5.91 Å². The number of methoxy groups -OCH3 is 2. The maximum absolute atomic E-state index is 12.9. The zero-order valence-corrected chi connectivity index (χ0v) is 16.9. The average molecular weight is 398 g/mol. The van der Waals surface area contributed by atoms with E-state index in [1.807, 2.05) is 30.3 Å². The van der Waals surface area contributed by atoms with Crippen LogP contribution in [0, 0.1) is 0 Å². The van der Waals surface area contributed by atoms with Crippen molar-refractivity contribution in [1.29, 1.82) is 0 Å². The van der Waals surface area contributed by atoms with Crippen molar-refractivity contribution in [3.05, 3.63) is 59.7 Å². The molecule has 1 fully saturated rings. The van der Waals surface area contributed by atoms with Crippen LogP contribution in [0.5, 0.6) is 11.5 Å². The number of carbonyl (C=O) groups is 2. The molecule has 0 bridgehead atoms. The highest BCUT2D eigenvalue weighted by molar-refractivity contribution is 5.98. The minimum atomic E-state index is -0.672. The van der Waals surface area contributed by atoms with Crippen molar-refractivity contribution in [2.24, 2.45) is 0 Å². The molecule has 2 aromatic carbocycles. The van der Waals surface area contributed by atoms with E-state index in [-0.39, 0.29) is 17.9 Å². The van der Waals surface area contributed by atoms with Gasteiger partial charge in [0.25, 0.3) is 5.91 Å². The van der Waals surface area contributed by atoms with E-state index in [1.165, 1.54) is 14.2 Å². The number of carbonyl (C=O) groups excluding carboxylic acids is 2. The summed E-state index contributed by atoms with van der Waals surface area (Å²) in [6.45, 7) is 3.09. The van der Waals surface area contributed by atoms with E-state index in [9.17, 15) is 9.59 Å². The van der Waals surface area contributed by atoms with Crippen molar-refractivity contribution in [3.8, 4) is 11.5 Å². The van der Waals surface area contributed by atoms with Crippen LogP contribution >= 0.6 is 0 Å². The molecule has 1 aliphatic rings. The summed E-state index contributed by atoms with van der Waals surface area (Å²) in [6.07, 6.45) is -0.167. The van der Waals surface area contributed by atoms with Crippen LogP contribution in [0.1, 0.15) is 28.9 Å². The fourth-order valence-electron chi connectivity index (χ4n) is 3.27. The van der Waals surface area contributed by atoms with Crippen molar-refractivity contribution in [2.75, 3.05) is 33.9 Å². The van der Waals surface area contributed by atoms with Gasteiger partial charge in [-0.05, 0) is 24.6 Å². The molecule has 0 aliphatic carbocycles. The first-order chi connectivity index (χ1) is 14.0. The van der Waals surface area contributed by atoms with Gasteiger partial charge in [0.1, 0.15) is 23.6 Å². The molecule has 1 saturated heterocycles. The van der Waals surface area contributed by atoms with E-state index < -0.39 is 6.04 Å². The molecule has 2 atom stereocenters. The first-order valence-corrected chi connectivity index (χ1v) is 9.51. The molecule has 1 unspecified atom stereocenters. The molecule has 0 aromatic heterocycles. The number of ether oxygens (including phenoxy) is 3. The zero-order chi connectivity index (χ0) is 20.8. The van der Waals surface area contributed by atoms with E-state index in [1.54, 1.807) is 30.0 Å². The zero-order valence-electron chi connectivity index (χ0n) is 16.9. The van der Waals surface area contributed by atoms with Gasteiger partial charge in [0, 0.05) is 18.2 Å². The minimum Gasteiger partial charge on any atom is -0.497 e. The Labute approximate surface area is 170 Å². The number of nitrogens with zero attached hydrogens (tertiary/aromatic N) is 1. The SMILES string of the molecule is COc1cc(OC)cc(C(=O)N[C@H](C)C(=O)N2CCOC(c3ccccc3)C2)c1. The lowest BCUT2D eigenvalue weighted by molar-refractivity contribution is -0.140. The molecule has 1 N–H and O–H groups in total. The third kappa shape index (κ3) is 5.06.